The van der Waals surface area contributed by atoms with Gasteiger partial charge in [-0.2, -0.15) is 0 Å². The summed E-state index contributed by atoms with van der Waals surface area (Å²) >= 11 is 0. The molecule has 8 heteroatoms. The van der Waals surface area contributed by atoms with Crippen LogP contribution in [0, 0.1) is 0 Å². The fourth-order valence-electron chi connectivity index (χ4n) is 6.96. The molecule has 8 nitrogen and oxygen atoms in total. The first-order valence-corrected chi connectivity index (χ1v) is 23.0. The van der Waals surface area contributed by atoms with Crippen molar-refractivity contribution >= 4 is 18.0 Å². The van der Waals surface area contributed by atoms with E-state index in [4.69, 9.17) is 14.2 Å². The standard InChI is InChI=1S/C46H86N2O6/c1-5-7-9-11-12-13-14-15-16-17-18-19-23-26-30-34-44(49)52-40-42(4)53-45(50)35-31-27-24-21-20-22-25-29-33-43(32-28-10-8-6-2)54-46(51)47-37-36-41(3)48-38-39-48/h13-14,41-43H,5-12,15-40H2,1-4H3,(H,47,51). The third-order valence-corrected chi connectivity index (χ3v) is 10.7. The van der Waals surface area contributed by atoms with Crippen molar-refractivity contribution in [2.75, 3.05) is 26.2 Å². The summed E-state index contributed by atoms with van der Waals surface area (Å²) in [5.74, 6) is -0.400. The predicted molar refractivity (Wildman–Crippen MR) is 225 cm³/mol. The normalized spacial score (nSPS) is 14.5. The van der Waals surface area contributed by atoms with E-state index in [1.54, 1.807) is 6.92 Å². The van der Waals surface area contributed by atoms with Gasteiger partial charge in [0.1, 0.15) is 18.8 Å². The lowest BCUT2D eigenvalue weighted by molar-refractivity contribution is -0.158. The van der Waals surface area contributed by atoms with Crippen LogP contribution in [0.1, 0.15) is 220 Å². The zero-order valence-corrected chi connectivity index (χ0v) is 35.8. The molecule has 1 aliphatic rings. The number of unbranched alkanes of at least 4 members (excludes halogenated alkanes) is 21. The number of carbonyl (C=O) groups is 3. The molecule has 1 N–H and O–H groups in total. The summed E-state index contributed by atoms with van der Waals surface area (Å²) in [4.78, 5) is 39.2. The number of nitrogens with one attached hydrogen (secondary N) is 1. The molecule has 0 bridgehead atoms. The van der Waals surface area contributed by atoms with Gasteiger partial charge in [-0.1, -0.05) is 135 Å². The highest BCUT2D eigenvalue weighted by Crippen LogP contribution is 2.18. The van der Waals surface area contributed by atoms with E-state index in [9.17, 15) is 14.4 Å². The minimum absolute atomic E-state index is 0.0169. The first kappa shape index (κ1) is 49.9. The fourth-order valence-corrected chi connectivity index (χ4v) is 6.96. The van der Waals surface area contributed by atoms with Crippen molar-refractivity contribution in [3.05, 3.63) is 12.2 Å². The van der Waals surface area contributed by atoms with Crippen LogP contribution in [0.25, 0.3) is 0 Å². The third-order valence-electron chi connectivity index (χ3n) is 10.7. The van der Waals surface area contributed by atoms with Crippen LogP contribution in [-0.2, 0) is 23.8 Å². The number of alkyl carbamates (subject to hydrolysis) is 1. The number of ether oxygens (including phenoxy) is 3. The van der Waals surface area contributed by atoms with E-state index < -0.39 is 6.10 Å². The molecule has 1 fully saturated rings. The molecule has 0 aromatic rings. The van der Waals surface area contributed by atoms with Gasteiger partial charge in [0.2, 0.25) is 0 Å². The van der Waals surface area contributed by atoms with E-state index in [0.717, 1.165) is 70.6 Å². The van der Waals surface area contributed by atoms with E-state index in [1.807, 2.05) is 0 Å². The second kappa shape index (κ2) is 36.5. The van der Waals surface area contributed by atoms with Gasteiger partial charge in [-0.3, -0.25) is 14.5 Å². The minimum atomic E-state index is -0.410. The van der Waals surface area contributed by atoms with Crippen LogP contribution in [0.4, 0.5) is 4.79 Å². The minimum Gasteiger partial charge on any atom is -0.462 e. The summed E-state index contributed by atoms with van der Waals surface area (Å²) in [7, 11) is 0. The van der Waals surface area contributed by atoms with E-state index in [-0.39, 0.29) is 30.7 Å². The molecule has 0 spiro atoms. The maximum absolute atomic E-state index is 12.4. The molecule has 1 saturated heterocycles. The summed E-state index contributed by atoms with van der Waals surface area (Å²) in [6.45, 7) is 11.7. The maximum atomic E-state index is 12.4. The second-order valence-electron chi connectivity index (χ2n) is 16.2. The highest BCUT2D eigenvalue weighted by atomic mass is 16.6. The van der Waals surface area contributed by atoms with E-state index in [2.05, 4.69) is 43.1 Å². The largest absolute Gasteiger partial charge is 0.462 e. The van der Waals surface area contributed by atoms with Crippen LogP contribution in [0.15, 0.2) is 12.2 Å². The first-order valence-electron chi connectivity index (χ1n) is 23.0. The average Bonchev–Trinajstić information content (AvgIpc) is 4.01. The molecule has 1 heterocycles. The maximum Gasteiger partial charge on any atom is 0.407 e. The predicted octanol–water partition coefficient (Wildman–Crippen LogP) is 12.6. The molecular formula is C46H86N2O6. The molecule has 54 heavy (non-hydrogen) atoms. The number of esters is 2. The van der Waals surface area contributed by atoms with Gasteiger partial charge in [-0.05, 0) is 84.5 Å². The third kappa shape index (κ3) is 33.3. The van der Waals surface area contributed by atoms with E-state index in [1.165, 1.54) is 122 Å². The molecule has 1 aliphatic heterocycles. The smallest absolute Gasteiger partial charge is 0.407 e. The number of hydrogen-bond donors (Lipinski definition) is 1. The van der Waals surface area contributed by atoms with Crippen molar-refractivity contribution in [3.63, 3.8) is 0 Å². The zero-order valence-electron chi connectivity index (χ0n) is 35.8. The molecule has 3 unspecified atom stereocenters. The van der Waals surface area contributed by atoms with Gasteiger partial charge in [0, 0.05) is 38.5 Å². The van der Waals surface area contributed by atoms with Crippen LogP contribution in [-0.4, -0.2) is 67.4 Å². The number of nitrogens with zero attached hydrogens (tertiary/aromatic N) is 1. The van der Waals surface area contributed by atoms with Gasteiger partial charge < -0.3 is 19.5 Å². The van der Waals surface area contributed by atoms with Crippen molar-refractivity contribution in [1.82, 2.24) is 10.2 Å². The lowest BCUT2D eigenvalue weighted by atomic mass is 10.0. The lowest BCUT2D eigenvalue weighted by Gasteiger charge is -2.19. The van der Waals surface area contributed by atoms with Gasteiger partial charge in [-0.25, -0.2) is 4.79 Å². The number of hydrogen-bond acceptors (Lipinski definition) is 7. The van der Waals surface area contributed by atoms with Crippen LogP contribution in [0.2, 0.25) is 0 Å². The summed E-state index contributed by atoms with van der Waals surface area (Å²) in [5, 5.41) is 2.97. The molecule has 0 saturated carbocycles. The fraction of sp³-hybridized carbons (Fsp3) is 0.891. The summed E-state index contributed by atoms with van der Waals surface area (Å²) < 4.78 is 16.7. The SMILES string of the molecule is CCCCCCC=CCCCCCCCCCC(=O)OCC(C)OC(=O)CCCCCCCCCCC(CCCCCC)OC(=O)NCCC(C)N1CC1. The molecule has 0 aromatic carbocycles. The second-order valence-corrected chi connectivity index (χ2v) is 16.2. The van der Waals surface area contributed by atoms with Crippen LogP contribution >= 0.6 is 0 Å². The number of rotatable bonds is 39. The van der Waals surface area contributed by atoms with E-state index >= 15 is 0 Å². The Hall–Kier alpha value is -2.09. The quantitative estimate of drug-likeness (QED) is 0.0219. The average molecular weight is 763 g/mol. The number of carbonyl (C=O) groups excluding carboxylic acids is 3. The molecule has 0 aliphatic carbocycles. The summed E-state index contributed by atoms with van der Waals surface area (Å²) in [6.07, 6.45) is 37.3. The Labute approximate surface area is 333 Å². The van der Waals surface area contributed by atoms with Gasteiger partial charge in [0.15, 0.2) is 0 Å². The Bertz CT molecular complexity index is 923. The topological polar surface area (TPSA) is 93.9 Å². The molecule has 0 radical (unpaired) electrons. The van der Waals surface area contributed by atoms with Crippen molar-refractivity contribution in [2.24, 2.45) is 0 Å². The van der Waals surface area contributed by atoms with Gasteiger partial charge in [0.05, 0.1) is 0 Å². The van der Waals surface area contributed by atoms with Gasteiger partial charge in [0.25, 0.3) is 0 Å². The number of allylic oxidation sites excluding steroid dienone is 2. The Morgan fingerprint density at radius 2 is 1.04 bits per heavy atom. The Kier molecular flexibility index (Phi) is 33.8. The monoisotopic (exact) mass is 763 g/mol. The Morgan fingerprint density at radius 1 is 0.574 bits per heavy atom. The van der Waals surface area contributed by atoms with Gasteiger partial charge in [-0.15, -0.1) is 0 Å². The van der Waals surface area contributed by atoms with Crippen LogP contribution in [0.3, 0.4) is 0 Å². The van der Waals surface area contributed by atoms with Crippen LogP contribution in [0.5, 0.6) is 0 Å². The molecule has 0 aromatic heterocycles. The van der Waals surface area contributed by atoms with Crippen molar-refractivity contribution < 1.29 is 28.6 Å². The van der Waals surface area contributed by atoms with Crippen molar-refractivity contribution in [1.29, 1.82) is 0 Å². The van der Waals surface area contributed by atoms with Crippen LogP contribution < -0.4 is 5.32 Å². The van der Waals surface area contributed by atoms with Crippen molar-refractivity contribution in [2.45, 2.75) is 239 Å². The summed E-state index contributed by atoms with van der Waals surface area (Å²) in [5.41, 5.74) is 0. The molecule has 3 atom stereocenters. The van der Waals surface area contributed by atoms with E-state index in [0.29, 0.717) is 25.4 Å². The first-order chi connectivity index (χ1) is 26.3. The Morgan fingerprint density at radius 3 is 1.57 bits per heavy atom. The molecule has 316 valence electrons. The highest BCUT2D eigenvalue weighted by Gasteiger charge is 2.23. The van der Waals surface area contributed by atoms with Crippen molar-refractivity contribution in [3.8, 4) is 0 Å². The summed E-state index contributed by atoms with van der Waals surface area (Å²) in [6, 6.07) is 0.530. The van der Waals surface area contributed by atoms with Gasteiger partial charge >= 0.3 is 18.0 Å². The molecule has 1 rings (SSSR count). The lowest BCUT2D eigenvalue weighted by Crippen LogP contribution is -2.32. The highest BCUT2D eigenvalue weighted by molar-refractivity contribution is 5.70. The number of amides is 1. The zero-order chi connectivity index (χ0) is 39.3. The molecule has 1 amide bonds. The Balaban J connectivity index is 1.96. The molecular weight excluding hydrogens is 677 g/mol.